The van der Waals surface area contributed by atoms with Crippen LogP contribution in [0.25, 0.3) is 17.5 Å². The molecule has 0 saturated heterocycles. The minimum absolute atomic E-state index is 0.0616. The zero-order valence-corrected chi connectivity index (χ0v) is 15.7. The first kappa shape index (κ1) is 19.4. The molecule has 0 amide bonds. The Labute approximate surface area is 164 Å². The molecule has 9 heteroatoms. The molecular weight excluding hydrogens is 389 g/mol. The molecule has 0 fully saturated rings. The maximum Gasteiger partial charge on any atom is 0.355 e. The van der Waals surface area contributed by atoms with Crippen molar-refractivity contribution in [3.63, 3.8) is 0 Å². The van der Waals surface area contributed by atoms with E-state index in [2.05, 4.69) is 16.5 Å². The number of ether oxygens (including phenoxy) is 1. The van der Waals surface area contributed by atoms with Crippen molar-refractivity contribution in [2.24, 2.45) is 0 Å². The summed E-state index contributed by atoms with van der Waals surface area (Å²) in [6.45, 7) is 3.65. The van der Waals surface area contributed by atoms with E-state index in [4.69, 9.17) is 20.8 Å². The third kappa shape index (κ3) is 3.29. The van der Waals surface area contributed by atoms with Gasteiger partial charge in [-0.25, -0.2) is 19.2 Å². The number of anilines is 2. The summed E-state index contributed by atoms with van der Waals surface area (Å²) in [5, 5.41) is 9.67. The SMILES string of the molecule is C=Cc1c(C(=O)O)nc(-c2ccc(Cl)c(OC)c2F)nc1N(C)c1ccco1. The lowest BCUT2D eigenvalue weighted by Gasteiger charge is -2.19. The summed E-state index contributed by atoms with van der Waals surface area (Å²) in [4.78, 5) is 21.7. The smallest absolute Gasteiger partial charge is 0.355 e. The highest BCUT2D eigenvalue weighted by atomic mass is 35.5. The van der Waals surface area contributed by atoms with Crippen LogP contribution in [0.5, 0.6) is 5.75 Å². The zero-order chi connectivity index (χ0) is 20.4. The van der Waals surface area contributed by atoms with Crippen molar-refractivity contribution >= 4 is 35.3 Å². The van der Waals surface area contributed by atoms with Gasteiger partial charge in [0.15, 0.2) is 23.1 Å². The largest absolute Gasteiger partial charge is 0.492 e. The number of halogens is 2. The lowest BCUT2D eigenvalue weighted by Crippen LogP contribution is -2.17. The molecule has 0 radical (unpaired) electrons. The van der Waals surface area contributed by atoms with Crippen LogP contribution >= 0.6 is 11.6 Å². The van der Waals surface area contributed by atoms with Gasteiger partial charge in [0.05, 0.1) is 29.5 Å². The number of aromatic nitrogens is 2. The van der Waals surface area contributed by atoms with E-state index in [-0.39, 0.29) is 39.2 Å². The molecule has 2 aromatic heterocycles. The highest BCUT2D eigenvalue weighted by Crippen LogP contribution is 2.36. The molecule has 0 bridgehead atoms. The second kappa shape index (κ2) is 7.69. The van der Waals surface area contributed by atoms with E-state index in [1.54, 1.807) is 19.2 Å². The fourth-order valence-electron chi connectivity index (χ4n) is 2.64. The molecule has 0 aliphatic carbocycles. The van der Waals surface area contributed by atoms with E-state index in [1.807, 2.05) is 0 Å². The predicted octanol–water partition coefficient (Wildman–Crippen LogP) is 4.65. The standard InChI is InChI=1S/C19H15ClFN3O4/c1-4-10-15(19(25)26)22-17(11-7-8-12(20)16(27-3)14(11)21)23-18(10)24(2)13-6-5-9-28-13/h4-9H,1H2,2-3H3,(H,25,26). The van der Waals surface area contributed by atoms with Crippen molar-refractivity contribution in [2.75, 3.05) is 19.1 Å². The predicted molar refractivity (Wildman–Crippen MR) is 103 cm³/mol. The first-order valence-electron chi connectivity index (χ1n) is 7.96. The molecule has 0 unspecified atom stereocenters. The minimum Gasteiger partial charge on any atom is -0.492 e. The number of carboxylic acids is 1. The van der Waals surface area contributed by atoms with E-state index in [9.17, 15) is 14.3 Å². The Hall–Kier alpha value is -3.39. The van der Waals surface area contributed by atoms with Crippen LogP contribution in [0.15, 0.2) is 41.5 Å². The molecule has 144 valence electrons. The number of aromatic carboxylic acids is 1. The number of furan rings is 1. The van der Waals surface area contributed by atoms with Gasteiger partial charge in [-0.05, 0) is 18.2 Å². The van der Waals surface area contributed by atoms with Gasteiger partial charge in [0.25, 0.3) is 0 Å². The van der Waals surface area contributed by atoms with E-state index in [0.29, 0.717) is 5.88 Å². The maximum absolute atomic E-state index is 14.9. The van der Waals surface area contributed by atoms with Gasteiger partial charge in [0, 0.05) is 13.1 Å². The first-order chi connectivity index (χ1) is 13.4. The highest BCUT2D eigenvalue weighted by Gasteiger charge is 2.24. The molecule has 7 nitrogen and oxygen atoms in total. The number of nitrogens with zero attached hydrogens (tertiary/aromatic N) is 3. The molecule has 0 atom stereocenters. The third-order valence-corrected chi connectivity index (χ3v) is 4.28. The average molecular weight is 404 g/mol. The number of hydrogen-bond donors (Lipinski definition) is 1. The van der Waals surface area contributed by atoms with E-state index in [0.717, 1.165) is 0 Å². The maximum atomic E-state index is 14.9. The Morgan fingerprint density at radius 1 is 1.39 bits per heavy atom. The van der Waals surface area contributed by atoms with Crippen LogP contribution in [-0.4, -0.2) is 35.2 Å². The quantitative estimate of drug-likeness (QED) is 0.640. The Kier molecular flexibility index (Phi) is 5.32. The highest BCUT2D eigenvalue weighted by molar-refractivity contribution is 6.32. The van der Waals surface area contributed by atoms with Crippen LogP contribution in [0.1, 0.15) is 16.1 Å². The van der Waals surface area contributed by atoms with Crippen molar-refractivity contribution in [1.82, 2.24) is 9.97 Å². The fraction of sp³-hybridized carbons (Fsp3) is 0.105. The van der Waals surface area contributed by atoms with Crippen LogP contribution in [-0.2, 0) is 0 Å². The number of carbonyl (C=O) groups is 1. The summed E-state index contributed by atoms with van der Waals surface area (Å²) in [7, 11) is 2.90. The first-order valence-corrected chi connectivity index (χ1v) is 8.34. The van der Waals surface area contributed by atoms with Gasteiger partial charge in [-0.1, -0.05) is 24.3 Å². The molecular formula is C19H15ClFN3O4. The number of methoxy groups -OCH3 is 1. The van der Waals surface area contributed by atoms with Crippen molar-refractivity contribution in [3.8, 4) is 17.1 Å². The van der Waals surface area contributed by atoms with Crippen LogP contribution in [0, 0.1) is 5.82 Å². The van der Waals surface area contributed by atoms with Gasteiger partial charge in [-0.3, -0.25) is 4.90 Å². The normalized spacial score (nSPS) is 10.6. The molecule has 3 rings (SSSR count). The Morgan fingerprint density at radius 2 is 2.14 bits per heavy atom. The van der Waals surface area contributed by atoms with Crippen LogP contribution in [0.4, 0.5) is 16.1 Å². The van der Waals surface area contributed by atoms with Gasteiger partial charge < -0.3 is 14.3 Å². The lowest BCUT2D eigenvalue weighted by molar-refractivity contribution is 0.0690. The van der Waals surface area contributed by atoms with Gasteiger partial charge >= 0.3 is 5.97 Å². The summed E-state index contributed by atoms with van der Waals surface area (Å²) >= 11 is 5.93. The second-order valence-corrected chi connectivity index (χ2v) is 6.00. The molecule has 0 spiro atoms. The average Bonchev–Trinajstić information content (AvgIpc) is 3.21. The van der Waals surface area contributed by atoms with Crippen LogP contribution in [0.2, 0.25) is 5.02 Å². The molecule has 28 heavy (non-hydrogen) atoms. The molecule has 3 aromatic rings. The van der Waals surface area contributed by atoms with Crippen LogP contribution in [0.3, 0.4) is 0 Å². The Morgan fingerprint density at radius 3 is 2.71 bits per heavy atom. The fourth-order valence-corrected chi connectivity index (χ4v) is 2.87. The second-order valence-electron chi connectivity index (χ2n) is 5.59. The van der Waals surface area contributed by atoms with Gasteiger partial charge in [-0.2, -0.15) is 0 Å². The third-order valence-electron chi connectivity index (χ3n) is 3.98. The summed E-state index contributed by atoms with van der Waals surface area (Å²) in [6.07, 6.45) is 2.78. The number of benzene rings is 1. The van der Waals surface area contributed by atoms with Crippen LogP contribution < -0.4 is 9.64 Å². The monoisotopic (exact) mass is 403 g/mol. The molecule has 2 heterocycles. The van der Waals surface area contributed by atoms with Gasteiger partial charge in [0.1, 0.15) is 5.82 Å². The van der Waals surface area contributed by atoms with Gasteiger partial charge in [-0.15, -0.1) is 0 Å². The minimum atomic E-state index is -1.31. The Bertz CT molecular complexity index is 1050. The molecule has 0 aliphatic heterocycles. The van der Waals surface area contributed by atoms with Crippen molar-refractivity contribution in [3.05, 3.63) is 59.2 Å². The summed E-state index contributed by atoms with van der Waals surface area (Å²) in [6, 6.07) is 6.11. The Balaban J connectivity index is 2.29. The van der Waals surface area contributed by atoms with E-state index < -0.39 is 11.8 Å². The molecule has 0 saturated carbocycles. The summed E-state index contributed by atoms with van der Waals surface area (Å²) in [5.74, 6) is -1.87. The molecule has 1 N–H and O–H groups in total. The van der Waals surface area contributed by atoms with Gasteiger partial charge in [0.2, 0.25) is 5.88 Å². The van der Waals surface area contributed by atoms with E-state index in [1.165, 1.54) is 36.5 Å². The summed E-state index contributed by atoms with van der Waals surface area (Å²) < 4.78 is 25.2. The zero-order valence-electron chi connectivity index (χ0n) is 14.9. The summed E-state index contributed by atoms with van der Waals surface area (Å²) in [5.41, 5.74) is -0.230. The number of hydrogen-bond acceptors (Lipinski definition) is 6. The van der Waals surface area contributed by atoms with Crippen molar-refractivity contribution in [2.45, 2.75) is 0 Å². The number of carboxylic acid groups (broad SMARTS) is 1. The number of rotatable bonds is 6. The lowest BCUT2D eigenvalue weighted by atomic mass is 10.1. The van der Waals surface area contributed by atoms with E-state index >= 15 is 0 Å². The van der Waals surface area contributed by atoms with Crippen molar-refractivity contribution < 1.29 is 23.4 Å². The molecule has 1 aromatic carbocycles. The molecule has 0 aliphatic rings. The topological polar surface area (TPSA) is 88.7 Å². The van der Waals surface area contributed by atoms with Crippen molar-refractivity contribution in [1.29, 1.82) is 0 Å².